The van der Waals surface area contributed by atoms with Gasteiger partial charge in [-0.25, -0.2) is 9.78 Å². The van der Waals surface area contributed by atoms with Crippen LogP contribution in [0.4, 0.5) is 10.6 Å². The average Bonchev–Trinajstić information content (AvgIpc) is 3.01. The van der Waals surface area contributed by atoms with E-state index in [0.717, 1.165) is 27.6 Å². The highest BCUT2D eigenvalue weighted by atomic mass is 32.1. The summed E-state index contributed by atoms with van der Waals surface area (Å²) in [5.41, 5.74) is 2.60. The molecule has 0 aliphatic rings. The van der Waals surface area contributed by atoms with E-state index in [2.05, 4.69) is 26.1 Å². The van der Waals surface area contributed by atoms with Gasteiger partial charge in [0.25, 0.3) is 0 Å². The van der Waals surface area contributed by atoms with Crippen molar-refractivity contribution < 1.29 is 14.6 Å². The summed E-state index contributed by atoms with van der Waals surface area (Å²) >= 11 is 1.26. The molecule has 0 bridgehead atoms. The maximum atomic E-state index is 10.7. The molecule has 3 aromatic heterocycles. The first kappa shape index (κ1) is 16.3. The Morgan fingerprint density at radius 2 is 2.08 bits per heavy atom. The third-order valence-electron chi connectivity index (χ3n) is 3.28. The molecule has 0 saturated heterocycles. The highest BCUT2D eigenvalue weighted by Crippen LogP contribution is 2.38. The first-order valence-electron chi connectivity index (χ1n) is 7.51. The van der Waals surface area contributed by atoms with Gasteiger partial charge in [0.05, 0.1) is 4.88 Å². The lowest BCUT2D eigenvalue weighted by molar-refractivity contribution is 0.146. The molecule has 0 aliphatic carbocycles. The minimum Gasteiger partial charge on any atom is -0.449 e. The Labute approximate surface area is 143 Å². The number of ether oxygens (including phenoxy) is 1. The average molecular weight is 345 g/mol. The normalized spacial score (nSPS) is 11.7. The summed E-state index contributed by atoms with van der Waals surface area (Å²) < 4.78 is 6.74. The van der Waals surface area contributed by atoms with Gasteiger partial charge in [-0.3, -0.25) is 4.40 Å². The minimum atomic E-state index is -1.32. The fourth-order valence-corrected chi connectivity index (χ4v) is 3.22. The van der Waals surface area contributed by atoms with Crippen molar-refractivity contribution in [1.82, 2.24) is 9.38 Å². The van der Waals surface area contributed by atoms with Crippen LogP contribution in [-0.4, -0.2) is 26.2 Å². The number of hydrogen-bond donors (Lipinski definition) is 2. The molecule has 0 unspecified atom stereocenters. The smallest absolute Gasteiger partial charge is 0.449 e. The van der Waals surface area contributed by atoms with Crippen LogP contribution in [0.2, 0.25) is 0 Å². The summed E-state index contributed by atoms with van der Waals surface area (Å²) in [6.07, 6.45) is 0.666. The van der Waals surface area contributed by atoms with Gasteiger partial charge in [0.1, 0.15) is 17.2 Å². The lowest BCUT2D eigenvalue weighted by Gasteiger charge is -2.22. The monoisotopic (exact) mass is 345 g/mol. The Kier molecular flexibility index (Phi) is 3.96. The summed E-state index contributed by atoms with van der Waals surface area (Å²) in [4.78, 5) is 16.3. The number of thiophene rings is 1. The molecule has 24 heavy (non-hydrogen) atoms. The molecule has 3 aromatic rings. The molecule has 3 rings (SSSR count). The molecule has 0 atom stereocenters. The number of carboxylic acid groups (broad SMARTS) is 1. The number of nitrogens with zero attached hydrogens (tertiary/aromatic N) is 2. The molecule has 0 amide bonds. The maximum absolute atomic E-state index is 10.7. The zero-order valence-corrected chi connectivity index (χ0v) is 14.8. The number of imidazole rings is 1. The SMILES string of the molecule is Cc1ccn2c(NC(C)(C)C)c(-c3ccc(OC(=O)O)s3)nc2c1. The third-order valence-corrected chi connectivity index (χ3v) is 4.25. The van der Waals surface area contributed by atoms with E-state index in [0.29, 0.717) is 5.06 Å². The van der Waals surface area contributed by atoms with Crippen molar-refractivity contribution in [1.29, 1.82) is 0 Å². The number of carbonyl (C=O) groups is 1. The molecule has 0 fully saturated rings. The van der Waals surface area contributed by atoms with Crippen molar-refractivity contribution in [3.63, 3.8) is 0 Å². The summed E-state index contributed by atoms with van der Waals surface area (Å²) in [7, 11) is 0. The minimum absolute atomic E-state index is 0.146. The van der Waals surface area contributed by atoms with Gasteiger partial charge in [0, 0.05) is 11.7 Å². The van der Waals surface area contributed by atoms with Crippen molar-refractivity contribution in [3.8, 4) is 15.6 Å². The van der Waals surface area contributed by atoms with Crippen LogP contribution in [0, 0.1) is 6.92 Å². The van der Waals surface area contributed by atoms with Gasteiger partial charge in [0.2, 0.25) is 0 Å². The Balaban J connectivity index is 2.13. The largest absolute Gasteiger partial charge is 0.512 e. The molecule has 0 saturated carbocycles. The molecule has 0 radical (unpaired) electrons. The number of fused-ring (bicyclic) bond motifs is 1. The molecule has 7 heteroatoms. The maximum Gasteiger partial charge on any atom is 0.512 e. The molecule has 0 spiro atoms. The second-order valence-electron chi connectivity index (χ2n) is 6.60. The summed E-state index contributed by atoms with van der Waals surface area (Å²) in [6.45, 7) is 8.27. The predicted molar refractivity (Wildman–Crippen MR) is 95.3 cm³/mol. The quantitative estimate of drug-likeness (QED) is 0.676. The molecular weight excluding hydrogens is 326 g/mol. The van der Waals surface area contributed by atoms with Gasteiger partial charge < -0.3 is 15.2 Å². The fourth-order valence-electron chi connectivity index (χ4n) is 2.38. The summed E-state index contributed by atoms with van der Waals surface area (Å²) in [5, 5.41) is 12.6. The third kappa shape index (κ3) is 3.35. The van der Waals surface area contributed by atoms with Crippen molar-refractivity contribution in [2.24, 2.45) is 0 Å². The standard InChI is InChI=1S/C17H19N3O3S/c1-10-7-8-20-12(9-10)18-14(15(20)19-17(2,3)4)11-5-6-13(24-11)23-16(21)22/h5-9,19H,1-4H3,(H,21,22). The molecule has 0 aliphatic heterocycles. The molecule has 0 aromatic carbocycles. The number of hydrogen-bond acceptors (Lipinski definition) is 5. The van der Waals surface area contributed by atoms with Crippen LogP contribution >= 0.6 is 11.3 Å². The number of aromatic nitrogens is 2. The number of nitrogens with one attached hydrogen (secondary N) is 1. The second kappa shape index (κ2) is 5.83. The van der Waals surface area contributed by atoms with Gasteiger partial charge in [-0.15, -0.1) is 0 Å². The van der Waals surface area contributed by atoms with E-state index in [4.69, 9.17) is 14.8 Å². The molecular formula is C17H19N3O3S. The van der Waals surface area contributed by atoms with Crippen LogP contribution in [-0.2, 0) is 0 Å². The molecule has 126 valence electrons. The van der Waals surface area contributed by atoms with Gasteiger partial charge in [0.15, 0.2) is 5.06 Å². The molecule has 3 heterocycles. The van der Waals surface area contributed by atoms with Crippen LogP contribution < -0.4 is 10.1 Å². The first-order valence-corrected chi connectivity index (χ1v) is 8.32. The molecule has 2 N–H and O–H groups in total. The first-order chi connectivity index (χ1) is 11.2. The van der Waals surface area contributed by atoms with E-state index in [-0.39, 0.29) is 5.54 Å². The number of rotatable bonds is 3. The fraction of sp³-hybridized carbons (Fsp3) is 0.294. The highest BCUT2D eigenvalue weighted by Gasteiger charge is 2.21. The Hall–Kier alpha value is -2.54. The predicted octanol–water partition coefficient (Wildman–Crippen LogP) is 4.64. The molecule has 6 nitrogen and oxygen atoms in total. The van der Waals surface area contributed by atoms with Gasteiger partial charge in [-0.2, -0.15) is 0 Å². The number of anilines is 1. The van der Waals surface area contributed by atoms with E-state index >= 15 is 0 Å². The topological polar surface area (TPSA) is 75.9 Å². The summed E-state index contributed by atoms with van der Waals surface area (Å²) in [6, 6.07) is 7.51. The lowest BCUT2D eigenvalue weighted by Crippen LogP contribution is -2.27. The van der Waals surface area contributed by atoms with Crippen LogP contribution in [0.15, 0.2) is 30.5 Å². The van der Waals surface area contributed by atoms with Crippen LogP contribution in [0.3, 0.4) is 0 Å². The van der Waals surface area contributed by atoms with E-state index in [1.807, 2.05) is 35.7 Å². The van der Waals surface area contributed by atoms with Crippen molar-refractivity contribution in [2.75, 3.05) is 5.32 Å². The van der Waals surface area contributed by atoms with E-state index in [1.165, 1.54) is 11.3 Å². The highest BCUT2D eigenvalue weighted by molar-refractivity contribution is 7.17. The van der Waals surface area contributed by atoms with Crippen LogP contribution in [0.5, 0.6) is 5.06 Å². The van der Waals surface area contributed by atoms with E-state index < -0.39 is 6.16 Å². The van der Waals surface area contributed by atoms with E-state index in [1.54, 1.807) is 6.07 Å². The zero-order valence-electron chi connectivity index (χ0n) is 14.0. The van der Waals surface area contributed by atoms with Crippen LogP contribution in [0.1, 0.15) is 26.3 Å². The van der Waals surface area contributed by atoms with Gasteiger partial charge >= 0.3 is 6.16 Å². The zero-order chi connectivity index (χ0) is 17.5. The van der Waals surface area contributed by atoms with Crippen molar-refractivity contribution in [3.05, 3.63) is 36.0 Å². The number of aryl methyl sites for hydroxylation is 1. The van der Waals surface area contributed by atoms with Gasteiger partial charge in [-0.1, -0.05) is 11.3 Å². The second-order valence-corrected chi connectivity index (χ2v) is 7.65. The van der Waals surface area contributed by atoms with Crippen molar-refractivity contribution >= 4 is 29.0 Å². The van der Waals surface area contributed by atoms with Gasteiger partial charge in [-0.05, 0) is 57.5 Å². The van der Waals surface area contributed by atoms with Crippen LogP contribution in [0.25, 0.3) is 16.2 Å². The lowest BCUT2D eigenvalue weighted by atomic mass is 10.1. The van der Waals surface area contributed by atoms with Crippen molar-refractivity contribution in [2.45, 2.75) is 33.2 Å². The Morgan fingerprint density at radius 3 is 2.75 bits per heavy atom. The number of pyridine rings is 1. The Morgan fingerprint density at radius 1 is 1.33 bits per heavy atom. The summed E-state index contributed by atoms with van der Waals surface area (Å²) in [5.74, 6) is 0.876. The van der Waals surface area contributed by atoms with E-state index in [9.17, 15) is 4.79 Å². The Bertz CT molecular complexity index is 906.